The summed E-state index contributed by atoms with van der Waals surface area (Å²) in [6.45, 7) is 9.30. The van der Waals surface area contributed by atoms with Gasteiger partial charge in [0.2, 0.25) is 0 Å². The topological polar surface area (TPSA) is 0 Å². The Morgan fingerprint density at radius 1 is 0.800 bits per heavy atom. The molecule has 2 heteroatoms. The van der Waals surface area contributed by atoms with Crippen LogP contribution in [0.3, 0.4) is 0 Å². The van der Waals surface area contributed by atoms with E-state index in [2.05, 4.69) is 45.6 Å². The number of rotatable bonds is 15. The minimum atomic E-state index is -2.36. The van der Waals surface area contributed by atoms with Gasteiger partial charge in [0.1, 0.15) is 0 Å². The van der Waals surface area contributed by atoms with Gasteiger partial charge >= 0.3 is 169 Å². The van der Waals surface area contributed by atoms with Crippen molar-refractivity contribution in [2.24, 2.45) is 0 Å². The van der Waals surface area contributed by atoms with Crippen molar-refractivity contribution in [2.75, 3.05) is 5.88 Å². The van der Waals surface area contributed by atoms with Crippen LogP contribution in [0.2, 0.25) is 13.3 Å². The molecule has 0 spiro atoms. The molecule has 0 bridgehead atoms. The van der Waals surface area contributed by atoms with E-state index in [0.717, 1.165) is 25.1 Å². The van der Waals surface area contributed by atoms with Gasteiger partial charge < -0.3 is 0 Å². The molecule has 0 aliphatic rings. The summed E-state index contributed by atoms with van der Waals surface area (Å²) in [5.41, 5.74) is 0. The van der Waals surface area contributed by atoms with Crippen LogP contribution in [0.15, 0.2) is 9.67 Å². The monoisotopic (exact) mass is 474 g/mol. The summed E-state index contributed by atoms with van der Waals surface area (Å²) < 4.78 is 6.20. The van der Waals surface area contributed by atoms with Gasteiger partial charge in [-0.2, -0.15) is 0 Å². The molecular formula is C23H43ClSn. The van der Waals surface area contributed by atoms with E-state index in [4.69, 9.17) is 11.6 Å². The van der Waals surface area contributed by atoms with Gasteiger partial charge in [-0.05, 0) is 0 Å². The van der Waals surface area contributed by atoms with Crippen molar-refractivity contribution >= 4 is 30.0 Å². The van der Waals surface area contributed by atoms with Crippen LogP contribution in [0.5, 0.6) is 0 Å². The fourth-order valence-electron chi connectivity index (χ4n) is 3.47. The fourth-order valence-corrected chi connectivity index (χ4v) is 19.6. The molecule has 0 aromatic carbocycles. The van der Waals surface area contributed by atoms with Gasteiger partial charge in [0.05, 0.1) is 0 Å². The first-order chi connectivity index (χ1) is 12.2. The van der Waals surface area contributed by atoms with E-state index in [0.29, 0.717) is 0 Å². The Labute approximate surface area is 168 Å². The van der Waals surface area contributed by atoms with E-state index in [1.54, 1.807) is 3.59 Å². The predicted molar refractivity (Wildman–Crippen MR) is 120 cm³/mol. The van der Waals surface area contributed by atoms with Gasteiger partial charge in [-0.3, -0.25) is 0 Å². The van der Waals surface area contributed by atoms with Crippen molar-refractivity contribution in [3.63, 3.8) is 0 Å². The first kappa shape index (κ1) is 25.4. The first-order valence-electron chi connectivity index (χ1n) is 11.0. The van der Waals surface area contributed by atoms with E-state index in [-0.39, 0.29) is 0 Å². The number of halogens is 1. The average Bonchev–Trinajstić information content (AvgIpc) is 2.63. The zero-order chi connectivity index (χ0) is 18.8. The molecule has 0 amide bonds. The predicted octanol–water partition coefficient (Wildman–Crippen LogP) is 8.51. The summed E-state index contributed by atoms with van der Waals surface area (Å²) in [5.74, 6) is 8.06. The van der Waals surface area contributed by atoms with Crippen LogP contribution in [0.25, 0.3) is 0 Å². The molecule has 0 aliphatic carbocycles. The quantitative estimate of drug-likeness (QED) is 0.0967. The standard InChI is InChI=1S/C11H16Cl.3C4H9.Sn/c1-2-3-4-5-6-7-8-9-10-11-12;3*1-3-4-2;/h8H,2-4,9-11H2,1H3;3*1,3-4H2,2H3;. The normalized spacial score (nSPS) is 12.1. The van der Waals surface area contributed by atoms with Crippen molar-refractivity contribution in [1.29, 1.82) is 0 Å². The summed E-state index contributed by atoms with van der Waals surface area (Å²) in [4.78, 5) is 0. The molecule has 0 fully saturated rings. The van der Waals surface area contributed by atoms with Crippen LogP contribution in [0.1, 0.15) is 98.3 Å². The second kappa shape index (κ2) is 17.8. The summed E-state index contributed by atoms with van der Waals surface area (Å²) >= 11 is 3.59. The molecule has 0 aromatic rings. The third-order valence-corrected chi connectivity index (χ3v) is 20.9. The van der Waals surface area contributed by atoms with Crippen molar-refractivity contribution in [2.45, 2.75) is 112 Å². The molecule has 25 heavy (non-hydrogen) atoms. The molecule has 0 radical (unpaired) electrons. The molecule has 0 N–H and O–H groups in total. The van der Waals surface area contributed by atoms with Crippen LogP contribution < -0.4 is 0 Å². The molecule has 0 aliphatic heterocycles. The van der Waals surface area contributed by atoms with Gasteiger partial charge in [0.15, 0.2) is 0 Å². The maximum atomic E-state index is 5.95. The SMILES string of the molecule is CCCCC#C/[C](=C/CCCCl)[Sn]([CH2]CCC)([CH2]CCC)[CH2]CCC. The van der Waals surface area contributed by atoms with Gasteiger partial charge in [0, 0.05) is 0 Å². The van der Waals surface area contributed by atoms with Crippen molar-refractivity contribution in [1.82, 2.24) is 0 Å². The molecule has 0 heterocycles. The zero-order valence-corrected chi connectivity index (χ0v) is 21.2. The Balaban J connectivity index is 5.59. The average molecular weight is 474 g/mol. The summed E-state index contributed by atoms with van der Waals surface area (Å²) in [7, 11) is 0. The summed E-state index contributed by atoms with van der Waals surface area (Å²) in [5, 5.41) is 0. The van der Waals surface area contributed by atoms with Crippen LogP contribution in [0, 0.1) is 11.8 Å². The maximum absolute atomic E-state index is 5.95. The zero-order valence-electron chi connectivity index (χ0n) is 17.6. The van der Waals surface area contributed by atoms with Crippen LogP contribution in [-0.4, -0.2) is 24.3 Å². The van der Waals surface area contributed by atoms with E-state index < -0.39 is 18.4 Å². The van der Waals surface area contributed by atoms with E-state index in [9.17, 15) is 0 Å². The van der Waals surface area contributed by atoms with Crippen LogP contribution >= 0.6 is 11.6 Å². The second-order valence-corrected chi connectivity index (χ2v) is 21.0. The molecule has 0 saturated heterocycles. The number of allylic oxidation sites excluding steroid dienone is 2. The number of unbranched alkanes of at least 4 members (excludes halogenated alkanes) is 6. The molecule has 0 nitrogen and oxygen atoms in total. The molecule has 0 atom stereocenters. The van der Waals surface area contributed by atoms with Gasteiger partial charge in [-0.15, -0.1) is 0 Å². The second-order valence-electron chi connectivity index (χ2n) is 7.45. The third-order valence-electron chi connectivity index (χ3n) is 5.16. The minimum absolute atomic E-state index is 0.772. The third kappa shape index (κ3) is 11.7. The molecule has 0 aromatic heterocycles. The summed E-state index contributed by atoms with van der Waals surface area (Å²) in [6.07, 6.45) is 16.5. The number of hydrogen-bond acceptors (Lipinski definition) is 0. The Kier molecular flexibility index (Phi) is 18.1. The van der Waals surface area contributed by atoms with Crippen LogP contribution in [0.4, 0.5) is 0 Å². The number of alkyl halides is 1. The van der Waals surface area contributed by atoms with Gasteiger partial charge in [0.25, 0.3) is 0 Å². The van der Waals surface area contributed by atoms with E-state index in [1.165, 1.54) is 64.7 Å². The molecule has 0 unspecified atom stereocenters. The molecule has 0 rings (SSSR count). The summed E-state index contributed by atoms with van der Waals surface area (Å²) in [6, 6.07) is 0. The molecule has 146 valence electrons. The number of hydrogen-bond donors (Lipinski definition) is 0. The molecule has 0 saturated carbocycles. The Morgan fingerprint density at radius 2 is 1.32 bits per heavy atom. The Bertz CT molecular complexity index is 367. The Hall–Kier alpha value is 0.389. The van der Waals surface area contributed by atoms with Crippen LogP contribution in [-0.2, 0) is 0 Å². The van der Waals surface area contributed by atoms with Crippen molar-refractivity contribution < 1.29 is 0 Å². The van der Waals surface area contributed by atoms with Gasteiger partial charge in [-0.25, -0.2) is 0 Å². The molecular weight excluding hydrogens is 430 g/mol. The van der Waals surface area contributed by atoms with E-state index >= 15 is 0 Å². The Morgan fingerprint density at radius 3 is 1.76 bits per heavy atom. The van der Waals surface area contributed by atoms with Gasteiger partial charge in [-0.1, -0.05) is 0 Å². The first-order valence-corrected chi connectivity index (χ1v) is 19.0. The van der Waals surface area contributed by atoms with E-state index in [1.807, 2.05) is 0 Å². The fraction of sp³-hybridized carbons (Fsp3) is 0.826. The van der Waals surface area contributed by atoms with Crippen molar-refractivity contribution in [3.05, 3.63) is 9.67 Å². The van der Waals surface area contributed by atoms with Crippen molar-refractivity contribution in [3.8, 4) is 11.8 Å².